The predicted octanol–water partition coefficient (Wildman–Crippen LogP) is 1.23. The molecule has 0 aromatic carbocycles. The van der Waals surface area contributed by atoms with Gasteiger partial charge in [-0.25, -0.2) is 0 Å². The number of nitrogens with two attached hydrogens (primary N) is 1. The average molecular weight is 143 g/mol. The van der Waals surface area contributed by atoms with E-state index in [0.29, 0.717) is 6.04 Å². The van der Waals surface area contributed by atoms with Crippen molar-refractivity contribution in [3.63, 3.8) is 0 Å². The first-order valence-corrected chi connectivity index (χ1v) is 4.80. The van der Waals surface area contributed by atoms with Crippen LogP contribution in [0, 0.1) is 5.92 Å². The molecule has 0 radical (unpaired) electrons. The SMILES string of the molecule is N[C@@H]1C[C@H]1C1CCCS1. The summed E-state index contributed by atoms with van der Waals surface area (Å²) in [6, 6.07) is 0.570. The molecule has 1 aliphatic carbocycles. The van der Waals surface area contributed by atoms with Gasteiger partial charge in [0.25, 0.3) is 0 Å². The fourth-order valence-corrected chi connectivity index (χ4v) is 3.13. The Morgan fingerprint density at radius 3 is 2.67 bits per heavy atom. The van der Waals surface area contributed by atoms with E-state index in [9.17, 15) is 0 Å². The van der Waals surface area contributed by atoms with Crippen LogP contribution in [0.2, 0.25) is 0 Å². The summed E-state index contributed by atoms with van der Waals surface area (Å²) in [5.74, 6) is 2.28. The summed E-state index contributed by atoms with van der Waals surface area (Å²) >= 11 is 2.14. The third-order valence-corrected chi connectivity index (χ3v) is 3.87. The van der Waals surface area contributed by atoms with Crippen molar-refractivity contribution >= 4 is 11.8 Å². The molecule has 2 fully saturated rings. The molecular formula is C7H13NS. The second-order valence-electron chi connectivity index (χ2n) is 3.11. The first-order chi connectivity index (χ1) is 4.38. The summed E-state index contributed by atoms with van der Waals surface area (Å²) in [4.78, 5) is 0. The van der Waals surface area contributed by atoms with Crippen LogP contribution in [-0.4, -0.2) is 17.0 Å². The molecule has 52 valence electrons. The first-order valence-electron chi connectivity index (χ1n) is 3.75. The molecule has 1 saturated heterocycles. The Hall–Kier alpha value is 0.310. The third kappa shape index (κ3) is 1.10. The van der Waals surface area contributed by atoms with Crippen LogP contribution in [0.5, 0.6) is 0 Å². The fraction of sp³-hybridized carbons (Fsp3) is 1.00. The summed E-state index contributed by atoms with van der Waals surface area (Å²) in [5.41, 5.74) is 5.73. The third-order valence-electron chi connectivity index (χ3n) is 2.33. The number of rotatable bonds is 1. The Morgan fingerprint density at radius 2 is 2.22 bits per heavy atom. The summed E-state index contributed by atoms with van der Waals surface area (Å²) in [5, 5.41) is 0.944. The van der Waals surface area contributed by atoms with Gasteiger partial charge >= 0.3 is 0 Å². The van der Waals surface area contributed by atoms with Crippen LogP contribution in [-0.2, 0) is 0 Å². The molecule has 0 bridgehead atoms. The highest BCUT2D eigenvalue weighted by atomic mass is 32.2. The molecule has 2 heteroatoms. The van der Waals surface area contributed by atoms with Gasteiger partial charge in [0.2, 0.25) is 0 Å². The zero-order chi connectivity index (χ0) is 6.27. The van der Waals surface area contributed by atoms with Crippen LogP contribution >= 0.6 is 11.8 Å². The van der Waals surface area contributed by atoms with Crippen molar-refractivity contribution in [2.24, 2.45) is 11.7 Å². The smallest absolute Gasteiger partial charge is 0.00909 e. The molecule has 0 aromatic heterocycles. The molecule has 9 heavy (non-hydrogen) atoms. The van der Waals surface area contributed by atoms with E-state index >= 15 is 0 Å². The molecule has 0 spiro atoms. The van der Waals surface area contributed by atoms with Gasteiger partial charge in [-0.3, -0.25) is 0 Å². The van der Waals surface area contributed by atoms with Crippen molar-refractivity contribution in [1.82, 2.24) is 0 Å². The maximum Gasteiger partial charge on any atom is 0.00909 e. The summed E-state index contributed by atoms with van der Waals surface area (Å²) < 4.78 is 0. The highest BCUT2D eigenvalue weighted by molar-refractivity contribution is 8.00. The van der Waals surface area contributed by atoms with Gasteiger partial charge in [-0.2, -0.15) is 11.8 Å². The maximum atomic E-state index is 5.73. The van der Waals surface area contributed by atoms with Gasteiger partial charge in [0, 0.05) is 11.3 Å². The number of thioether (sulfide) groups is 1. The topological polar surface area (TPSA) is 26.0 Å². The molecule has 0 aromatic rings. The Labute approximate surface area is 60.4 Å². The molecule has 3 atom stereocenters. The van der Waals surface area contributed by atoms with Gasteiger partial charge in [-0.05, 0) is 30.9 Å². The van der Waals surface area contributed by atoms with Crippen LogP contribution in [0.4, 0.5) is 0 Å². The average Bonchev–Trinajstić information content (AvgIpc) is 2.44. The lowest BCUT2D eigenvalue weighted by molar-refractivity contribution is 0.686. The van der Waals surface area contributed by atoms with Gasteiger partial charge in [0.05, 0.1) is 0 Å². The van der Waals surface area contributed by atoms with E-state index in [1.807, 2.05) is 0 Å². The van der Waals surface area contributed by atoms with Crippen molar-refractivity contribution < 1.29 is 0 Å². The Kier molecular flexibility index (Phi) is 1.46. The minimum absolute atomic E-state index is 0.570. The van der Waals surface area contributed by atoms with Gasteiger partial charge in [0.1, 0.15) is 0 Å². The maximum absolute atomic E-state index is 5.73. The van der Waals surface area contributed by atoms with Gasteiger partial charge in [-0.15, -0.1) is 0 Å². The molecule has 1 nitrogen and oxygen atoms in total. The van der Waals surface area contributed by atoms with Crippen molar-refractivity contribution in [3.05, 3.63) is 0 Å². The van der Waals surface area contributed by atoms with Crippen molar-refractivity contribution in [3.8, 4) is 0 Å². The summed E-state index contributed by atoms with van der Waals surface area (Å²) in [7, 11) is 0. The minimum Gasteiger partial charge on any atom is -0.327 e. The first kappa shape index (κ1) is 6.05. The summed E-state index contributed by atoms with van der Waals surface area (Å²) in [6.45, 7) is 0. The molecule has 0 amide bonds. The number of hydrogen-bond donors (Lipinski definition) is 1. The Balaban J connectivity index is 1.85. The van der Waals surface area contributed by atoms with Crippen LogP contribution < -0.4 is 5.73 Å². The molecule has 1 unspecified atom stereocenters. The van der Waals surface area contributed by atoms with E-state index in [1.165, 1.54) is 25.0 Å². The second kappa shape index (κ2) is 2.17. The van der Waals surface area contributed by atoms with Crippen molar-refractivity contribution in [1.29, 1.82) is 0 Å². The lowest BCUT2D eigenvalue weighted by atomic mass is 10.2. The van der Waals surface area contributed by atoms with Gasteiger partial charge < -0.3 is 5.73 Å². The molecule has 2 aliphatic rings. The Bertz CT molecular complexity index is 109. The van der Waals surface area contributed by atoms with E-state index in [2.05, 4.69) is 11.8 Å². The zero-order valence-corrected chi connectivity index (χ0v) is 6.36. The molecule has 1 saturated carbocycles. The molecule has 2 rings (SSSR count). The Morgan fingerprint density at radius 1 is 1.44 bits per heavy atom. The van der Waals surface area contributed by atoms with E-state index in [1.54, 1.807) is 0 Å². The molecule has 1 heterocycles. The molecular weight excluding hydrogens is 130 g/mol. The predicted molar refractivity (Wildman–Crippen MR) is 41.6 cm³/mol. The van der Waals surface area contributed by atoms with E-state index in [4.69, 9.17) is 5.73 Å². The summed E-state index contributed by atoms with van der Waals surface area (Å²) in [6.07, 6.45) is 4.17. The molecule has 2 N–H and O–H groups in total. The fourth-order valence-electron chi connectivity index (χ4n) is 1.60. The quantitative estimate of drug-likeness (QED) is 0.597. The zero-order valence-electron chi connectivity index (χ0n) is 5.55. The lowest BCUT2D eigenvalue weighted by Crippen LogP contribution is -2.09. The van der Waals surface area contributed by atoms with E-state index < -0.39 is 0 Å². The normalized spacial score (nSPS) is 49.7. The van der Waals surface area contributed by atoms with E-state index in [0.717, 1.165) is 11.2 Å². The highest BCUT2D eigenvalue weighted by Crippen LogP contribution is 2.43. The van der Waals surface area contributed by atoms with Crippen LogP contribution in [0.3, 0.4) is 0 Å². The number of hydrogen-bond acceptors (Lipinski definition) is 2. The standard InChI is InChI=1S/C7H13NS/c8-6-4-5(6)7-2-1-3-9-7/h5-7H,1-4,8H2/t5-,6-,7?/m1/s1. The minimum atomic E-state index is 0.570. The monoisotopic (exact) mass is 143 g/mol. The van der Waals surface area contributed by atoms with Crippen molar-refractivity contribution in [2.45, 2.75) is 30.6 Å². The molecule has 1 aliphatic heterocycles. The van der Waals surface area contributed by atoms with Crippen molar-refractivity contribution in [2.75, 3.05) is 5.75 Å². The van der Waals surface area contributed by atoms with Gasteiger partial charge in [-0.1, -0.05) is 0 Å². The highest BCUT2D eigenvalue weighted by Gasteiger charge is 2.41. The van der Waals surface area contributed by atoms with Crippen LogP contribution in [0.25, 0.3) is 0 Å². The largest absolute Gasteiger partial charge is 0.327 e. The van der Waals surface area contributed by atoms with Crippen LogP contribution in [0.1, 0.15) is 19.3 Å². The van der Waals surface area contributed by atoms with E-state index in [-0.39, 0.29) is 0 Å². The lowest BCUT2D eigenvalue weighted by Gasteiger charge is -2.03. The second-order valence-corrected chi connectivity index (χ2v) is 4.46. The van der Waals surface area contributed by atoms with Gasteiger partial charge in [0.15, 0.2) is 0 Å². The van der Waals surface area contributed by atoms with Crippen LogP contribution in [0.15, 0.2) is 0 Å².